The number of nitrogens with zero attached hydrogens (tertiary/aromatic N) is 2. The fourth-order valence-electron chi connectivity index (χ4n) is 1.01. The van der Waals surface area contributed by atoms with Gasteiger partial charge in [0.15, 0.2) is 0 Å². The van der Waals surface area contributed by atoms with E-state index in [1.807, 2.05) is 13.8 Å². The summed E-state index contributed by atoms with van der Waals surface area (Å²) in [5.41, 5.74) is 0.972. The van der Waals surface area contributed by atoms with E-state index in [0.29, 0.717) is 5.88 Å². The van der Waals surface area contributed by atoms with Gasteiger partial charge in [-0.1, -0.05) is 20.8 Å². The van der Waals surface area contributed by atoms with Crippen molar-refractivity contribution in [3.63, 3.8) is 0 Å². The topological polar surface area (TPSA) is 35.0 Å². The Morgan fingerprint density at radius 1 is 1.21 bits per heavy atom. The largest absolute Gasteiger partial charge is 0.474 e. The van der Waals surface area contributed by atoms with Gasteiger partial charge in [-0.05, 0) is 13.8 Å². The Hall–Kier alpha value is -1.12. The third-order valence-corrected chi connectivity index (χ3v) is 1.74. The molecule has 1 aromatic heterocycles. The molecule has 0 aromatic carbocycles. The molecule has 0 aliphatic heterocycles. The quantitative estimate of drug-likeness (QED) is 0.725. The molecule has 14 heavy (non-hydrogen) atoms. The molecule has 0 unspecified atom stereocenters. The smallest absolute Gasteiger partial charge is 0.232 e. The van der Waals surface area contributed by atoms with Gasteiger partial charge in [-0.2, -0.15) is 0 Å². The van der Waals surface area contributed by atoms with E-state index in [-0.39, 0.29) is 11.5 Å². The van der Waals surface area contributed by atoms with Gasteiger partial charge in [0.2, 0.25) is 5.88 Å². The first-order valence-corrected chi connectivity index (χ1v) is 4.89. The van der Waals surface area contributed by atoms with Crippen molar-refractivity contribution in [1.29, 1.82) is 0 Å². The molecular weight excluding hydrogens is 176 g/mol. The maximum absolute atomic E-state index is 5.48. The summed E-state index contributed by atoms with van der Waals surface area (Å²) in [6.07, 6.45) is 3.57. The van der Waals surface area contributed by atoms with Crippen molar-refractivity contribution in [2.45, 2.75) is 46.1 Å². The first-order chi connectivity index (χ1) is 6.39. The second-order valence-electron chi connectivity index (χ2n) is 4.66. The monoisotopic (exact) mass is 194 g/mol. The molecule has 0 saturated carbocycles. The molecule has 0 atom stereocenters. The molecule has 1 rings (SSSR count). The highest BCUT2D eigenvalue weighted by Crippen LogP contribution is 2.20. The highest BCUT2D eigenvalue weighted by atomic mass is 16.5. The molecule has 0 bridgehead atoms. The van der Waals surface area contributed by atoms with Crippen molar-refractivity contribution in [2.24, 2.45) is 0 Å². The lowest BCUT2D eigenvalue weighted by molar-refractivity contribution is 0.230. The van der Waals surface area contributed by atoms with Crippen molar-refractivity contribution in [2.75, 3.05) is 0 Å². The lowest BCUT2D eigenvalue weighted by atomic mass is 9.93. The Bertz CT molecular complexity index is 302. The molecule has 3 heteroatoms. The minimum absolute atomic E-state index is 0.0172. The summed E-state index contributed by atoms with van der Waals surface area (Å²) < 4.78 is 5.48. The zero-order valence-corrected chi connectivity index (χ0v) is 9.53. The van der Waals surface area contributed by atoms with Gasteiger partial charge >= 0.3 is 0 Å². The molecule has 1 heterocycles. The molecule has 0 N–H and O–H groups in total. The fourth-order valence-corrected chi connectivity index (χ4v) is 1.01. The van der Waals surface area contributed by atoms with Crippen molar-refractivity contribution < 1.29 is 4.74 Å². The van der Waals surface area contributed by atoms with E-state index in [9.17, 15) is 0 Å². The highest BCUT2D eigenvalue weighted by molar-refractivity contribution is 5.14. The van der Waals surface area contributed by atoms with Crippen LogP contribution in [0.4, 0.5) is 0 Å². The first kappa shape index (κ1) is 11.0. The minimum Gasteiger partial charge on any atom is -0.474 e. The summed E-state index contributed by atoms with van der Waals surface area (Å²) in [5.74, 6) is 0.604. The van der Waals surface area contributed by atoms with E-state index >= 15 is 0 Å². The molecule has 0 saturated heterocycles. The Labute approximate surface area is 85.5 Å². The third-order valence-electron chi connectivity index (χ3n) is 1.74. The standard InChI is InChI=1S/C11H18N2O/c1-8(2)14-10-7-12-6-9(13-10)11(3,4)5/h6-8H,1-5H3. The minimum atomic E-state index is 0.0172. The summed E-state index contributed by atoms with van der Waals surface area (Å²) in [6.45, 7) is 10.3. The fraction of sp³-hybridized carbons (Fsp3) is 0.636. The predicted molar refractivity (Wildman–Crippen MR) is 56.5 cm³/mol. The van der Waals surface area contributed by atoms with E-state index in [2.05, 4.69) is 30.7 Å². The molecule has 0 amide bonds. The van der Waals surface area contributed by atoms with Gasteiger partial charge in [-0.25, -0.2) is 4.98 Å². The van der Waals surface area contributed by atoms with Crippen LogP contribution in [0.25, 0.3) is 0 Å². The second-order valence-corrected chi connectivity index (χ2v) is 4.66. The number of hydrogen-bond donors (Lipinski definition) is 0. The van der Waals surface area contributed by atoms with E-state index in [0.717, 1.165) is 5.69 Å². The molecule has 1 aromatic rings. The van der Waals surface area contributed by atoms with E-state index in [1.54, 1.807) is 12.4 Å². The van der Waals surface area contributed by atoms with Crippen LogP contribution in [-0.2, 0) is 5.41 Å². The number of ether oxygens (including phenoxy) is 1. The summed E-state index contributed by atoms with van der Waals surface area (Å²) in [4.78, 5) is 8.52. The van der Waals surface area contributed by atoms with Crippen molar-refractivity contribution in [3.05, 3.63) is 18.1 Å². The summed E-state index contributed by atoms with van der Waals surface area (Å²) >= 11 is 0. The van der Waals surface area contributed by atoms with Gasteiger partial charge in [-0.3, -0.25) is 4.98 Å². The molecule has 0 aliphatic carbocycles. The summed E-state index contributed by atoms with van der Waals surface area (Å²) in [5, 5.41) is 0. The molecule has 0 spiro atoms. The van der Waals surface area contributed by atoms with Crippen LogP contribution in [0, 0.1) is 0 Å². The zero-order valence-electron chi connectivity index (χ0n) is 9.53. The lowest BCUT2D eigenvalue weighted by Crippen LogP contribution is -2.15. The Morgan fingerprint density at radius 2 is 1.86 bits per heavy atom. The lowest BCUT2D eigenvalue weighted by Gasteiger charge is -2.18. The second kappa shape index (κ2) is 3.95. The Kier molecular flexibility index (Phi) is 3.09. The highest BCUT2D eigenvalue weighted by Gasteiger charge is 2.16. The predicted octanol–water partition coefficient (Wildman–Crippen LogP) is 2.56. The molecule has 0 aliphatic rings. The maximum Gasteiger partial charge on any atom is 0.232 e. The van der Waals surface area contributed by atoms with Crippen LogP contribution in [0.2, 0.25) is 0 Å². The van der Waals surface area contributed by atoms with Crippen LogP contribution in [-0.4, -0.2) is 16.1 Å². The average molecular weight is 194 g/mol. The van der Waals surface area contributed by atoms with Gasteiger partial charge in [-0.15, -0.1) is 0 Å². The van der Waals surface area contributed by atoms with Gasteiger partial charge in [0.05, 0.1) is 18.0 Å². The zero-order chi connectivity index (χ0) is 10.8. The van der Waals surface area contributed by atoms with Gasteiger partial charge in [0.1, 0.15) is 0 Å². The SMILES string of the molecule is CC(C)Oc1cncc(C(C)(C)C)n1. The van der Waals surface area contributed by atoms with Gasteiger partial charge in [0.25, 0.3) is 0 Å². The van der Waals surface area contributed by atoms with Crippen LogP contribution in [0.5, 0.6) is 5.88 Å². The number of rotatable bonds is 2. The van der Waals surface area contributed by atoms with Crippen molar-refractivity contribution >= 4 is 0 Å². The van der Waals surface area contributed by atoms with Crippen LogP contribution >= 0.6 is 0 Å². The van der Waals surface area contributed by atoms with Crippen LogP contribution in [0.3, 0.4) is 0 Å². The first-order valence-electron chi connectivity index (χ1n) is 4.89. The normalized spacial score (nSPS) is 11.9. The summed E-state index contributed by atoms with van der Waals surface area (Å²) in [6, 6.07) is 0. The van der Waals surface area contributed by atoms with E-state index in [4.69, 9.17) is 4.74 Å². The Balaban J connectivity index is 2.90. The molecule has 78 valence electrons. The van der Waals surface area contributed by atoms with Gasteiger partial charge < -0.3 is 4.74 Å². The van der Waals surface area contributed by atoms with Gasteiger partial charge in [0, 0.05) is 11.6 Å². The average Bonchev–Trinajstić information content (AvgIpc) is 2.01. The van der Waals surface area contributed by atoms with E-state index < -0.39 is 0 Å². The number of hydrogen-bond acceptors (Lipinski definition) is 3. The molecule has 0 fully saturated rings. The molecule has 3 nitrogen and oxygen atoms in total. The van der Waals surface area contributed by atoms with Crippen molar-refractivity contribution in [1.82, 2.24) is 9.97 Å². The Morgan fingerprint density at radius 3 is 2.36 bits per heavy atom. The van der Waals surface area contributed by atoms with Crippen LogP contribution in [0.1, 0.15) is 40.3 Å². The van der Waals surface area contributed by atoms with E-state index in [1.165, 1.54) is 0 Å². The summed E-state index contributed by atoms with van der Waals surface area (Å²) in [7, 11) is 0. The third kappa shape index (κ3) is 2.98. The molecular formula is C11H18N2O. The maximum atomic E-state index is 5.48. The van der Waals surface area contributed by atoms with Crippen LogP contribution in [0.15, 0.2) is 12.4 Å². The van der Waals surface area contributed by atoms with Crippen LogP contribution < -0.4 is 4.74 Å². The molecule has 0 radical (unpaired) electrons. The number of aromatic nitrogens is 2. The van der Waals surface area contributed by atoms with Crippen molar-refractivity contribution in [3.8, 4) is 5.88 Å².